The molecule has 1 aromatic carbocycles. The summed E-state index contributed by atoms with van der Waals surface area (Å²) in [4.78, 5) is 9.55. The highest BCUT2D eigenvalue weighted by molar-refractivity contribution is 5.55. The smallest absolute Gasteiger partial charge is 0.231 e. The Morgan fingerprint density at radius 3 is 2.91 bits per heavy atom. The van der Waals surface area contributed by atoms with Gasteiger partial charge in [-0.25, -0.2) is 4.98 Å². The quantitative estimate of drug-likeness (QED) is 0.804. The lowest BCUT2D eigenvalue weighted by molar-refractivity contribution is 0.171. The number of aromatic nitrogens is 2. The van der Waals surface area contributed by atoms with Gasteiger partial charge in [-0.15, -0.1) is 0 Å². The maximum atomic E-state index is 9.32. The summed E-state index contributed by atoms with van der Waals surface area (Å²) in [5, 5.41) is 9.32. The van der Waals surface area contributed by atoms with Gasteiger partial charge in [0.05, 0.1) is 13.7 Å². The van der Waals surface area contributed by atoms with Crippen LogP contribution in [-0.4, -0.2) is 47.0 Å². The van der Waals surface area contributed by atoms with Crippen molar-refractivity contribution in [2.75, 3.05) is 27.1 Å². The number of aromatic amines is 1. The van der Waals surface area contributed by atoms with Gasteiger partial charge in [-0.05, 0) is 24.6 Å². The van der Waals surface area contributed by atoms with E-state index in [4.69, 9.17) is 14.2 Å². The predicted molar refractivity (Wildman–Crippen MR) is 83.6 cm³/mol. The van der Waals surface area contributed by atoms with E-state index in [1.165, 1.54) is 0 Å². The van der Waals surface area contributed by atoms with E-state index in [1.54, 1.807) is 7.11 Å². The van der Waals surface area contributed by atoms with E-state index in [0.717, 1.165) is 17.1 Å². The molecular weight excluding hydrogens is 298 g/mol. The summed E-state index contributed by atoms with van der Waals surface area (Å²) < 4.78 is 16.2. The number of ether oxygens (including phenoxy) is 3. The first-order valence-corrected chi connectivity index (χ1v) is 7.50. The zero-order chi connectivity index (χ0) is 16.2. The number of fused-ring (bicyclic) bond motifs is 1. The maximum Gasteiger partial charge on any atom is 0.231 e. The molecule has 0 saturated carbocycles. The highest BCUT2D eigenvalue weighted by Crippen LogP contribution is 2.42. The number of H-pyrrole nitrogens is 1. The Hall–Kier alpha value is -2.25. The van der Waals surface area contributed by atoms with Crippen LogP contribution in [0.15, 0.2) is 18.3 Å². The number of benzene rings is 1. The van der Waals surface area contributed by atoms with Crippen LogP contribution in [0.2, 0.25) is 0 Å². The standard InChI is InChI=1S/C16H21N3O4/c1-11-17-7-13(18-11)9-19(3-4-20)8-12-5-14(21-2)16-15(6-12)22-10-23-16/h5-7,20H,3-4,8-10H2,1-2H3,(H,17,18). The van der Waals surface area contributed by atoms with E-state index in [1.807, 2.05) is 25.3 Å². The van der Waals surface area contributed by atoms with Crippen molar-refractivity contribution < 1.29 is 19.3 Å². The molecule has 0 fully saturated rings. The molecule has 0 spiro atoms. The predicted octanol–water partition coefficient (Wildman–Crippen LogP) is 1.45. The van der Waals surface area contributed by atoms with Crippen molar-refractivity contribution in [1.29, 1.82) is 0 Å². The van der Waals surface area contributed by atoms with Gasteiger partial charge in [-0.3, -0.25) is 4.90 Å². The molecule has 0 aliphatic carbocycles. The maximum absolute atomic E-state index is 9.32. The largest absolute Gasteiger partial charge is 0.493 e. The number of nitrogens with one attached hydrogen (secondary N) is 1. The summed E-state index contributed by atoms with van der Waals surface area (Å²) >= 11 is 0. The fourth-order valence-corrected chi connectivity index (χ4v) is 2.68. The third-order valence-electron chi connectivity index (χ3n) is 3.69. The summed E-state index contributed by atoms with van der Waals surface area (Å²) in [6.45, 7) is 4.12. The Balaban J connectivity index is 1.77. The molecule has 0 amide bonds. The van der Waals surface area contributed by atoms with Gasteiger partial charge in [0, 0.05) is 31.5 Å². The van der Waals surface area contributed by atoms with Gasteiger partial charge in [-0.1, -0.05) is 0 Å². The van der Waals surface area contributed by atoms with Gasteiger partial charge >= 0.3 is 0 Å². The first-order valence-electron chi connectivity index (χ1n) is 7.50. The Morgan fingerprint density at radius 1 is 1.35 bits per heavy atom. The molecule has 2 heterocycles. The molecule has 0 bridgehead atoms. The van der Waals surface area contributed by atoms with Crippen molar-refractivity contribution in [2.45, 2.75) is 20.0 Å². The second kappa shape index (κ2) is 6.89. The molecule has 0 saturated heterocycles. The second-order valence-corrected chi connectivity index (χ2v) is 5.46. The van der Waals surface area contributed by atoms with Crippen molar-refractivity contribution in [3.05, 3.63) is 35.4 Å². The number of hydrogen-bond donors (Lipinski definition) is 2. The fraction of sp³-hybridized carbons (Fsp3) is 0.438. The van der Waals surface area contributed by atoms with Crippen LogP contribution in [-0.2, 0) is 13.1 Å². The second-order valence-electron chi connectivity index (χ2n) is 5.46. The van der Waals surface area contributed by atoms with Crippen LogP contribution < -0.4 is 14.2 Å². The van der Waals surface area contributed by atoms with Gasteiger partial charge in [0.25, 0.3) is 0 Å². The third-order valence-corrected chi connectivity index (χ3v) is 3.69. The van der Waals surface area contributed by atoms with E-state index in [0.29, 0.717) is 36.9 Å². The number of imidazole rings is 1. The molecule has 0 radical (unpaired) electrons. The monoisotopic (exact) mass is 319 g/mol. The van der Waals surface area contributed by atoms with E-state index in [2.05, 4.69) is 14.9 Å². The van der Waals surface area contributed by atoms with Gasteiger partial charge < -0.3 is 24.3 Å². The number of nitrogens with zero attached hydrogens (tertiary/aromatic N) is 2. The van der Waals surface area contributed by atoms with Crippen LogP contribution in [0, 0.1) is 6.92 Å². The molecule has 2 aromatic rings. The van der Waals surface area contributed by atoms with Crippen LogP contribution in [0.3, 0.4) is 0 Å². The molecular formula is C16H21N3O4. The molecule has 0 unspecified atom stereocenters. The van der Waals surface area contributed by atoms with Crippen LogP contribution in [0.25, 0.3) is 0 Å². The zero-order valence-electron chi connectivity index (χ0n) is 13.3. The highest BCUT2D eigenvalue weighted by Gasteiger charge is 2.21. The van der Waals surface area contributed by atoms with Gasteiger partial charge in [0.1, 0.15) is 5.82 Å². The normalized spacial score (nSPS) is 12.9. The highest BCUT2D eigenvalue weighted by atomic mass is 16.7. The molecule has 1 aliphatic heterocycles. The van der Waals surface area contributed by atoms with Crippen molar-refractivity contribution in [3.8, 4) is 17.2 Å². The zero-order valence-corrected chi connectivity index (χ0v) is 13.3. The Bertz CT molecular complexity index is 671. The first kappa shape index (κ1) is 15.6. The topological polar surface area (TPSA) is 79.8 Å². The van der Waals surface area contributed by atoms with Crippen molar-refractivity contribution >= 4 is 0 Å². The summed E-state index contributed by atoms with van der Waals surface area (Å²) in [5.74, 6) is 2.89. The van der Waals surface area contributed by atoms with Crippen molar-refractivity contribution in [1.82, 2.24) is 14.9 Å². The molecule has 7 heteroatoms. The van der Waals surface area contributed by atoms with Crippen LogP contribution in [0.5, 0.6) is 17.2 Å². The molecule has 0 atom stereocenters. The Labute approximate surface area is 134 Å². The van der Waals surface area contributed by atoms with Crippen molar-refractivity contribution in [3.63, 3.8) is 0 Å². The molecule has 1 aromatic heterocycles. The lowest BCUT2D eigenvalue weighted by Crippen LogP contribution is -2.26. The molecule has 2 N–H and O–H groups in total. The van der Waals surface area contributed by atoms with E-state index >= 15 is 0 Å². The molecule has 3 rings (SSSR count). The summed E-state index contributed by atoms with van der Waals surface area (Å²) in [6.07, 6.45) is 1.82. The minimum absolute atomic E-state index is 0.0921. The number of aliphatic hydroxyl groups excluding tert-OH is 1. The summed E-state index contributed by atoms with van der Waals surface area (Å²) in [6, 6.07) is 3.89. The molecule has 23 heavy (non-hydrogen) atoms. The van der Waals surface area contributed by atoms with E-state index in [9.17, 15) is 5.11 Å². The van der Waals surface area contributed by atoms with Gasteiger partial charge in [-0.2, -0.15) is 0 Å². The number of rotatable bonds is 7. The van der Waals surface area contributed by atoms with Crippen LogP contribution in [0.4, 0.5) is 0 Å². The average molecular weight is 319 g/mol. The summed E-state index contributed by atoms with van der Waals surface area (Å²) in [5.41, 5.74) is 2.06. The minimum atomic E-state index is 0.0921. The Kier molecular flexibility index (Phi) is 4.68. The van der Waals surface area contributed by atoms with E-state index < -0.39 is 0 Å². The lowest BCUT2D eigenvalue weighted by atomic mass is 10.1. The third kappa shape index (κ3) is 3.57. The molecule has 124 valence electrons. The Morgan fingerprint density at radius 2 is 2.22 bits per heavy atom. The lowest BCUT2D eigenvalue weighted by Gasteiger charge is -2.21. The fourth-order valence-electron chi connectivity index (χ4n) is 2.68. The number of aryl methyl sites for hydroxylation is 1. The van der Waals surface area contributed by atoms with Gasteiger partial charge in [0.2, 0.25) is 12.5 Å². The summed E-state index contributed by atoms with van der Waals surface area (Å²) in [7, 11) is 1.61. The van der Waals surface area contributed by atoms with Crippen molar-refractivity contribution in [2.24, 2.45) is 0 Å². The molecule has 7 nitrogen and oxygen atoms in total. The molecule has 1 aliphatic rings. The van der Waals surface area contributed by atoms with Crippen LogP contribution in [0.1, 0.15) is 17.1 Å². The number of hydrogen-bond acceptors (Lipinski definition) is 6. The SMILES string of the molecule is COc1cc(CN(CCO)Cc2cnc(C)[nH]2)cc2c1OCO2. The average Bonchev–Trinajstić information content (AvgIpc) is 3.15. The van der Waals surface area contributed by atoms with E-state index in [-0.39, 0.29) is 13.4 Å². The minimum Gasteiger partial charge on any atom is -0.493 e. The van der Waals surface area contributed by atoms with Gasteiger partial charge in [0.15, 0.2) is 11.5 Å². The number of methoxy groups -OCH3 is 1. The first-order chi connectivity index (χ1) is 11.2. The number of aliphatic hydroxyl groups is 1. The van der Waals surface area contributed by atoms with Crippen LogP contribution >= 0.6 is 0 Å².